The number of rotatable bonds is 9. The number of nitrogens with zero attached hydrogens (tertiary/aromatic N) is 4. The first-order chi connectivity index (χ1) is 11.8. The fourth-order valence-electron chi connectivity index (χ4n) is 3.34. The van der Waals surface area contributed by atoms with Crippen molar-refractivity contribution in [1.82, 2.24) is 25.3 Å². The van der Waals surface area contributed by atoms with Gasteiger partial charge in [0.25, 0.3) is 0 Å². The molecular formula is C18H35IN6. The normalized spacial score (nSPS) is 15.9. The van der Waals surface area contributed by atoms with Crippen molar-refractivity contribution in [3.8, 4) is 0 Å². The lowest BCUT2D eigenvalue weighted by molar-refractivity contribution is 0.190. The van der Waals surface area contributed by atoms with Crippen molar-refractivity contribution in [2.75, 3.05) is 33.7 Å². The number of guanidine groups is 1. The maximum Gasteiger partial charge on any atom is 0.190 e. The predicted molar refractivity (Wildman–Crippen MR) is 116 cm³/mol. The van der Waals surface area contributed by atoms with E-state index in [-0.39, 0.29) is 24.0 Å². The van der Waals surface area contributed by atoms with Gasteiger partial charge in [-0.05, 0) is 45.3 Å². The quantitative estimate of drug-likeness (QED) is 0.257. The van der Waals surface area contributed by atoms with Crippen molar-refractivity contribution in [3.63, 3.8) is 0 Å². The zero-order valence-electron chi connectivity index (χ0n) is 15.8. The minimum atomic E-state index is 0. The average Bonchev–Trinajstić information content (AvgIpc) is 3.14. The van der Waals surface area contributed by atoms with Gasteiger partial charge in [0.2, 0.25) is 0 Å². The smallest absolute Gasteiger partial charge is 0.190 e. The molecule has 7 heteroatoms. The molecule has 144 valence electrons. The molecule has 1 aromatic heterocycles. The zero-order valence-corrected chi connectivity index (χ0v) is 18.1. The molecule has 0 saturated heterocycles. The van der Waals surface area contributed by atoms with Gasteiger partial charge in [0, 0.05) is 45.1 Å². The Bertz CT molecular complexity index is 456. The fraction of sp³-hybridized carbons (Fsp3) is 0.778. The van der Waals surface area contributed by atoms with Crippen LogP contribution in [0.25, 0.3) is 0 Å². The predicted octanol–water partition coefficient (Wildman–Crippen LogP) is 2.71. The number of hydrogen-bond acceptors (Lipinski definition) is 3. The summed E-state index contributed by atoms with van der Waals surface area (Å²) in [7, 11) is 4.11. The third-order valence-corrected chi connectivity index (χ3v) is 4.82. The van der Waals surface area contributed by atoms with Crippen molar-refractivity contribution < 1.29 is 0 Å². The summed E-state index contributed by atoms with van der Waals surface area (Å²) >= 11 is 0. The average molecular weight is 462 g/mol. The van der Waals surface area contributed by atoms with Crippen LogP contribution in [0.15, 0.2) is 23.5 Å². The zero-order chi connectivity index (χ0) is 17.0. The van der Waals surface area contributed by atoms with Crippen LogP contribution < -0.4 is 10.6 Å². The highest BCUT2D eigenvalue weighted by Crippen LogP contribution is 2.21. The Kier molecular flexibility index (Phi) is 11.9. The first kappa shape index (κ1) is 22.2. The lowest BCUT2D eigenvalue weighted by atomic mass is 9.94. The molecule has 0 aliphatic heterocycles. The maximum atomic E-state index is 4.29. The molecule has 0 aromatic carbocycles. The van der Waals surface area contributed by atoms with Crippen LogP contribution in [0.3, 0.4) is 0 Å². The van der Waals surface area contributed by atoms with Gasteiger partial charge in [0.15, 0.2) is 5.96 Å². The number of hydrogen-bond donors (Lipinski definition) is 2. The van der Waals surface area contributed by atoms with E-state index >= 15 is 0 Å². The van der Waals surface area contributed by atoms with Crippen molar-refractivity contribution in [3.05, 3.63) is 18.5 Å². The van der Waals surface area contributed by atoms with Crippen molar-refractivity contribution >= 4 is 29.9 Å². The highest BCUT2D eigenvalue weighted by Gasteiger charge is 2.17. The molecule has 0 spiro atoms. The molecule has 1 aromatic rings. The minimum absolute atomic E-state index is 0. The Morgan fingerprint density at radius 2 is 1.92 bits per heavy atom. The van der Waals surface area contributed by atoms with Gasteiger partial charge in [-0.3, -0.25) is 9.67 Å². The van der Waals surface area contributed by atoms with E-state index in [0.29, 0.717) is 0 Å². The monoisotopic (exact) mass is 462 g/mol. The Hall–Kier alpha value is -0.830. The van der Waals surface area contributed by atoms with Gasteiger partial charge in [0.1, 0.15) is 0 Å². The number of aryl methyl sites for hydroxylation is 1. The number of aliphatic imine (C=N–C) groups is 1. The molecule has 2 N–H and O–H groups in total. The van der Waals surface area contributed by atoms with E-state index in [2.05, 4.69) is 32.7 Å². The van der Waals surface area contributed by atoms with Gasteiger partial charge in [-0.25, -0.2) is 0 Å². The summed E-state index contributed by atoms with van der Waals surface area (Å²) in [6.07, 6.45) is 13.0. The largest absolute Gasteiger partial charge is 0.356 e. The summed E-state index contributed by atoms with van der Waals surface area (Å²) in [6.45, 7) is 3.97. The van der Waals surface area contributed by atoms with E-state index in [1.54, 1.807) is 0 Å². The molecule has 0 radical (unpaired) electrons. The molecule has 0 bridgehead atoms. The molecule has 1 fully saturated rings. The van der Waals surface area contributed by atoms with Crippen LogP contribution in [-0.2, 0) is 6.54 Å². The number of halogens is 1. The molecule has 0 unspecified atom stereocenters. The van der Waals surface area contributed by atoms with E-state index in [1.165, 1.54) is 32.1 Å². The standard InChI is InChI=1S/C18H34N6.HI/c1-19-18(21-12-7-15-24-16-8-13-22-24)20-11-6-14-23(2)17-9-4-3-5-10-17;/h8,13,16-17H,3-7,9-12,14-15H2,1-2H3,(H2,19,20,21);1H. The SMILES string of the molecule is CN=C(NCCCN(C)C1CCCCC1)NCCCn1cccn1.I. The summed E-state index contributed by atoms with van der Waals surface area (Å²) in [6, 6.07) is 2.76. The van der Waals surface area contributed by atoms with Crippen molar-refractivity contribution in [2.45, 2.75) is 57.5 Å². The first-order valence-electron chi connectivity index (χ1n) is 9.42. The van der Waals surface area contributed by atoms with Gasteiger partial charge in [-0.1, -0.05) is 19.3 Å². The second kappa shape index (κ2) is 13.4. The molecule has 0 atom stereocenters. The highest BCUT2D eigenvalue weighted by atomic mass is 127. The molecule has 1 heterocycles. The lowest BCUT2D eigenvalue weighted by Gasteiger charge is -2.31. The molecule has 1 aliphatic carbocycles. The van der Waals surface area contributed by atoms with Crippen molar-refractivity contribution in [2.24, 2.45) is 4.99 Å². The van der Waals surface area contributed by atoms with Crippen LogP contribution in [0.2, 0.25) is 0 Å². The van der Waals surface area contributed by atoms with Gasteiger partial charge in [0.05, 0.1) is 0 Å². The second-order valence-electron chi connectivity index (χ2n) is 6.67. The Labute approximate surface area is 169 Å². The maximum absolute atomic E-state index is 4.29. The molecule has 1 aliphatic rings. The fourth-order valence-corrected chi connectivity index (χ4v) is 3.34. The van der Waals surface area contributed by atoms with Crippen LogP contribution in [-0.4, -0.2) is 60.4 Å². The van der Waals surface area contributed by atoms with E-state index in [1.807, 2.05) is 30.2 Å². The van der Waals surface area contributed by atoms with E-state index < -0.39 is 0 Å². The Balaban J connectivity index is 0.00000312. The van der Waals surface area contributed by atoms with Gasteiger partial charge >= 0.3 is 0 Å². The van der Waals surface area contributed by atoms with Crippen LogP contribution >= 0.6 is 24.0 Å². The van der Waals surface area contributed by atoms with Crippen LogP contribution in [0.1, 0.15) is 44.9 Å². The van der Waals surface area contributed by atoms with Crippen LogP contribution in [0.4, 0.5) is 0 Å². The van der Waals surface area contributed by atoms with E-state index in [9.17, 15) is 0 Å². The minimum Gasteiger partial charge on any atom is -0.356 e. The first-order valence-corrected chi connectivity index (χ1v) is 9.42. The summed E-state index contributed by atoms with van der Waals surface area (Å²) < 4.78 is 1.96. The molecule has 25 heavy (non-hydrogen) atoms. The van der Waals surface area contributed by atoms with Gasteiger partial charge < -0.3 is 15.5 Å². The lowest BCUT2D eigenvalue weighted by Crippen LogP contribution is -2.40. The molecular weight excluding hydrogens is 427 g/mol. The highest BCUT2D eigenvalue weighted by molar-refractivity contribution is 14.0. The second-order valence-corrected chi connectivity index (χ2v) is 6.67. The third-order valence-electron chi connectivity index (χ3n) is 4.82. The van der Waals surface area contributed by atoms with Crippen LogP contribution in [0.5, 0.6) is 0 Å². The molecule has 0 amide bonds. The summed E-state index contributed by atoms with van der Waals surface area (Å²) in [5, 5.41) is 11.0. The topological polar surface area (TPSA) is 57.5 Å². The van der Waals surface area contributed by atoms with E-state index in [4.69, 9.17) is 0 Å². The van der Waals surface area contributed by atoms with Crippen molar-refractivity contribution in [1.29, 1.82) is 0 Å². The van der Waals surface area contributed by atoms with Gasteiger partial charge in [-0.15, -0.1) is 24.0 Å². The summed E-state index contributed by atoms with van der Waals surface area (Å²) in [5.41, 5.74) is 0. The Morgan fingerprint density at radius 1 is 1.20 bits per heavy atom. The summed E-state index contributed by atoms with van der Waals surface area (Å²) in [5.74, 6) is 0.899. The van der Waals surface area contributed by atoms with Gasteiger partial charge in [-0.2, -0.15) is 5.10 Å². The summed E-state index contributed by atoms with van der Waals surface area (Å²) in [4.78, 5) is 6.83. The van der Waals surface area contributed by atoms with E-state index in [0.717, 1.165) is 51.0 Å². The number of aromatic nitrogens is 2. The number of nitrogens with one attached hydrogen (secondary N) is 2. The molecule has 1 saturated carbocycles. The molecule has 6 nitrogen and oxygen atoms in total. The Morgan fingerprint density at radius 3 is 2.56 bits per heavy atom. The van der Waals surface area contributed by atoms with Crippen LogP contribution in [0, 0.1) is 0 Å². The third kappa shape index (κ3) is 8.89. The molecule has 2 rings (SSSR count).